The molecule has 0 saturated carbocycles. The van der Waals surface area contributed by atoms with E-state index in [0.29, 0.717) is 41.9 Å². The number of phenolic OH excluding ortho intramolecular Hbond substituents is 2. The molecule has 0 aliphatic carbocycles. The van der Waals surface area contributed by atoms with Crippen molar-refractivity contribution in [2.75, 3.05) is 6.61 Å². The highest BCUT2D eigenvalue weighted by molar-refractivity contribution is 5.99. The van der Waals surface area contributed by atoms with Gasteiger partial charge in [0.1, 0.15) is 22.8 Å². The van der Waals surface area contributed by atoms with Gasteiger partial charge in [-0.2, -0.15) is 0 Å². The Bertz CT molecular complexity index is 968. The third-order valence-corrected chi connectivity index (χ3v) is 4.54. The van der Waals surface area contributed by atoms with Crippen molar-refractivity contribution in [1.82, 2.24) is 0 Å². The maximum absolute atomic E-state index is 12.2. The fourth-order valence-corrected chi connectivity index (χ4v) is 3.08. The number of ether oxygens (including phenoxy) is 1. The van der Waals surface area contributed by atoms with E-state index in [1.54, 1.807) is 37.5 Å². The number of fused-ring (bicyclic) bond motifs is 1. The third-order valence-electron chi connectivity index (χ3n) is 4.54. The number of hydrogen-bond donors (Lipinski definition) is 2. The Labute approximate surface area is 158 Å². The van der Waals surface area contributed by atoms with Gasteiger partial charge in [-0.25, -0.2) is 0 Å². The average molecular weight is 368 g/mol. The maximum atomic E-state index is 12.2. The number of furan rings is 1. The van der Waals surface area contributed by atoms with Crippen molar-refractivity contribution in [2.24, 2.45) is 5.92 Å². The van der Waals surface area contributed by atoms with E-state index in [9.17, 15) is 15.0 Å². The van der Waals surface area contributed by atoms with Crippen molar-refractivity contribution in [2.45, 2.75) is 33.6 Å². The highest BCUT2D eigenvalue weighted by Gasteiger charge is 2.17. The number of rotatable bonds is 7. The molecule has 0 saturated heterocycles. The van der Waals surface area contributed by atoms with E-state index in [1.165, 1.54) is 0 Å². The molecule has 0 fully saturated rings. The topological polar surface area (TPSA) is 79.9 Å². The van der Waals surface area contributed by atoms with Crippen LogP contribution in [0.4, 0.5) is 0 Å². The van der Waals surface area contributed by atoms with Crippen molar-refractivity contribution < 1.29 is 24.2 Å². The summed E-state index contributed by atoms with van der Waals surface area (Å²) < 4.78 is 11.3. The third kappa shape index (κ3) is 4.08. The van der Waals surface area contributed by atoms with Crippen LogP contribution in [0.2, 0.25) is 0 Å². The quantitative estimate of drug-likeness (QED) is 0.574. The second-order valence-corrected chi connectivity index (χ2v) is 7.15. The van der Waals surface area contributed by atoms with E-state index in [2.05, 4.69) is 0 Å². The first-order valence-electron chi connectivity index (χ1n) is 9.04. The Hall–Kier alpha value is -2.95. The minimum Gasteiger partial charge on any atom is -0.508 e. The molecule has 0 spiro atoms. The van der Waals surface area contributed by atoms with Gasteiger partial charge in [0.05, 0.1) is 18.4 Å². The van der Waals surface area contributed by atoms with Crippen LogP contribution in [-0.2, 0) is 6.42 Å². The van der Waals surface area contributed by atoms with Gasteiger partial charge < -0.3 is 19.4 Å². The number of phenols is 2. The number of aromatic hydroxyl groups is 2. The summed E-state index contributed by atoms with van der Waals surface area (Å²) in [6.45, 7) is 6.09. The normalized spacial score (nSPS) is 11.3. The molecule has 1 aromatic heterocycles. The molecule has 1 heterocycles. The number of ketones is 1. The van der Waals surface area contributed by atoms with Crippen LogP contribution in [0.3, 0.4) is 0 Å². The SMILES string of the molecule is Cc1c(OCCc2coc3cc(O)ccc23)ccc(C(=O)CC(C)C)c1O. The molecule has 5 heteroatoms. The lowest BCUT2D eigenvalue weighted by Crippen LogP contribution is -2.06. The largest absolute Gasteiger partial charge is 0.508 e. The monoisotopic (exact) mass is 368 g/mol. The number of Topliss-reactive ketones (excluding diaryl/α,β-unsaturated/α-hetero) is 1. The van der Waals surface area contributed by atoms with Crippen molar-refractivity contribution >= 4 is 16.8 Å². The molecule has 3 rings (SSSR count). The highest BCUT2D eigenvalue weighted by atomic mass is 16.5. The zero-order valence-corrected chi connectivity index (χ0v) is 15.8. The fraction of sp³-hybridized carbons (Fsp3) is 0.318. The van der Waals surface area contributed by atoms with Crippen LogP contribution in [0.5, 0.6) is 17.2 Å². The number of carbonyl (C=O) groups is 1. The van der Waals surface area contributed by atoms with Crippen LogP contribution in [0.1, 0.15) is 41.8 Å². The molecule has 0 unspecified atom stereocenters. The van der Waals surface area contributed by atoms with E-state index in [1.807, 2.05) is 19.9 Å². The predicted octanol–water partition coefficient (Wildman–Crippen LogP) is 5.00. The van der Waals surface area contributed by atoms with Gasteiger partial charge in [-0.3, -0.25) is 4.79 Å². The number of benzene rings is 2. The second kappa shape index (κ2) is 7.74. The van der Waals surface area contributed by atoms with Crippen LogP contribution >= 0.6 is 0 Å². The average Bonchev–Trinajstić information content (AvgIpc) is 3.00. The zero-order chi connectivity index (χ0) is 19.6. The van der Waals surface area contributed by atoms with Crippen LogP contribution < -0.4 is 4.74 Å². The van der Waals surface area contributed by atoms with Gasteiger partial charge >= 0.3 is 0 Å². The Morgan fingerprint density at radius 3 is 2.70 bits per heavy atom. The van der Waals surface area contributed by atoms with E-state index in [-0.39, 0.29) is 23.2 Å². The summed E-state index contributed by atoms with van der Waals surface area (Å²) >= 11 is 0. The Morgan fingerprint density at radius 1 is 1.19 bits per heavy atom. The van der Waals surface area contributed by atoms with Gasteiger partial charge in [-0.05, 0) is 37.1 Å². The highest BCUT2D eigenvalue weighted by Crippen LogP contribution is 2.32. The van der Waals surface area contributed by atoms with Crippen molar-refractivity contribution in [3.8, 4) is 17.2 Å². The second-order valence-electron chi connectivity index (χ2n) is 7.15. The summed E-state index contributed by atoms with van der Waals surface area (Å²) in [5.74, 6) is 0.879. The molecular weight excluding hydrogens is 344 g/mol. The van der Waals surface area contributed by atoms with Crippen LogP contribution in [0.15, 0.2) is 41.0 Å². The molecule has 0 atom stereocenters. The summed E-state index contributed by atoms with van der Waals surface area (Å²) in [6.07, 6.45) is 2.67. The molecule has 2 N–H and O–H groups in total. The summed E-state index contributed by atoms with van der Waals surface area (Å²) in [5.41, 5.74) is 2.52. The lowest BCUT2D eigenvalue weighted by molar-refractivity contribution is 0.0965. The van der Waals surface area contributed by atoms with E-state index in [0.717, 1.165) is 10.9 Å². The van der Waals surface area contributed by atoms with E-state index in [4.69, 9.17) is 9.15 Å². The van der Waals surface area contributed by atoms with Gasteiger partial charge in [0, 0.05) is 35.4 Å². The maximum Gasteiger partial charge on any atom is 0.166 e. The summed E-state index contributed by atoms with van der Waals surface area (Å²) in [4.78, 5) is 12.2. The summed E-state index contributed by atoms with van der Waals surface area (Å²) in [7, 11) is 0. The molecule has 142 valence electrons. The molecule has 0 aliphatic rings. The number of hydrogen-bond acceptors (Lipinski definition) is 5. The smallest absolute Gasteiger partial charge is 0.166 e. The van der Waals surface area contributed by atoms with Crippen molar-refractivity contribution in [1.29, 1.82) is 0 Å². The molecule has 5 nitrogen and oxygen atoms in total. The molecule has 27 heavy (non-hydrogen) atoms. The Balaban J connectivity index is 1.69. The molecule has 2 aromatic carbocycles. The van der Waals surface area contributed by atoms with Crippen LogP contribution in [-0.4, -0.2) is 22.6 Å². The van der Waals surface area contributed by atoms with Crippen LogP contribution in [0.25, 0.3) is 11.0 Å². The Morgan fingerprint density at radius 2 is 1.96 bits per heavy atom. The molecule has 3 aromatic rings. The standard InChI is InChI=1S/C22H24O5/c1-13(2)10-19(24)18-6-7-20(14(3)22(18)25)26-9-8-15-12-27-21-11-16(23)4-5-17(15)21/h4-7,11-13,23,25H,8-10H2,1-3H3. The van der Waals surface area contributed by atoms with Crippen LogP contribution in [0, 0.1) is 12.8 Å². The minimum absolute atomic E-state index is 0.0117. The fourth-order valence-electron chi connectivity index (χ4n) is 3.08. The first-order chi connectivity index (χ1) is 12.9. The first-order valence-corrected chi connectivity index (χ1v) is 9.04. The molecule has 0 amide bonds. The lowest BCUT2D eigenvalue weighted by atomic mass is 9.98. The predicted molar refractivity (Wildman–Crippen MR) is 104 cm³/mol. The zero-order valence-electron chi connectivity index (χ0n) is 15.8. The molecular formula is C22H24O5. The van der Waals surface area contributed by atoms with Gasteiger partial charge in [0.2, 0.25) is 0 Å². The minimum atomic E-state index is -0.0646. The molecule has 0 bridgehead atoms. The number of carbonyl (C=O) groups excluding carboxylic acids is 1. The lowest BCUT2D eigenvalue weighted by Gasteiger charge is -2.13. The first kappa shape index (κ1) is 18.8. The Kier molecular flexibility index (Phi) is 5.40. The molecule has 0 aliphatic heterocycles. The van der Waals surface area contributed by atoms with Gasteiger partial charge in [-0.15, -0.1) is 0 Å². The van der Waals surface area contributed by atoms with E-state index < -0.39 is 0 Å². The summed E-state index contributed by atoms with van der Waals surface area (Å²) in [6, 6.07) is 8.37. The van der Waals surface area contributed by atoms with Gasteiger partial charge in [0.15, 0.2) is 5.78 Å². The molecule has 0 radical (unpaired) electrons. The van der Waals surface area contributed by atoms with Crippen molar-refractivity contribution in [3.05, 3.63) is 53.3 Å². The van der Waals surface area contributed by atoms with Crippen molar-refractivity contribution in [3.63, 3.8) is 0 Å². The summed E-state index contributed by atoms with van der Waals surface area (Å²) in [5, 5.41) is 20.8. The van der Waals surface area contributed by atoms with Gasteiger partial charge in [-0.1, -0.05) is 13.8 Å². The van der Waals surface area contributed by atoms with Gasteiger partial charge in [0.25, 0.3) is 0 Å². The van der Waals surface area contributed by atoms with E-state index >= 15 is 0 Å².